The number of thiophene rings is 1. The lowest BCUT2D eigenvalue weighted by molar-refractivity contribution is 0.308. The van der Waals surface area contributed by atoms with Crippen molar-refractivity contribution in [2.24, 2.45) is 4.99 Å². The van der Waals surface area contributed by atoms with E-state index >= 15 is 0 Å². The second kappa shape index (κ2) is 7.09. The van der Waals surface area contributed by atoms with Gasteiger partial charge in [-0.05, 0) is 37.1 Å². The van der Waals surface area contributed by atoms with Gasteiger partial charge in [-0.15, -0.1) is 11.3 Å². The molecule has 3 heterocycles. The van der Waals surface area contributed by atoms with Gasteiger partial charge in [0.2, 0.25) is 0 Å². The van der Waals surface area contributed by atoms with Crippen molar-refractivity contribution in [1.29, 1.82) is 0 Å². The Balaban J connectivity index is 1.45. The van der Waals surface area contributed by atoms with Crippen LogP contribution < -0.4 is 0 Å². The molecule has 2 aliphatic heterocycles. The molecule has 133 valence electrons. The van der Waals surface area contributed by atoms with E-state index in [1.165, 1.54) is 42.1 Å². The van der Waals surface area contributed by atoms with E-state index in [4.69, 9.17) is 0 Å². The molecule has 0 spiro atoms. The Hall–Kier alpha value is -2.77. The molecule has 0 amide bonds. The van der Waals surface area contributed by atoms with Crippen molar-refractivity contribution in [2.45, 2.75) is 31.7 Å². The maximum atomic E-state index is 4.40. The third-order valence-electron chi connectivity index (χ3n) is 5.20. The Bertz CT molecular complexity index is 981. The van der Waals surface area contributed by atoms with Gasteiger partial charge in [0.1, 0.15) is 5.82 Å². The van der Waals surface area contributed by atoms with Crippen LogP contribution in [-0.2, 0) is 0 Å². The predicted molar refractivity (Wildman–Crippen MR) is 111 cm³/mol. The monoisotopic (exact) mass is 370 g/mol. The molecule has 1 aromatic carbocycles. The zero-order chi connectivity index (χ0) is 18.1. The summed E-state index contributed by atoms with van der Waals surface area (Å²) in [6.07, 6.45) is 12.6. The van der Waals surface area contributed by atoms with Gasteiger partial charge in [-0.3, -0.25) is 4.99 Å². The highest BCUT2D eigenvalue weighted by Gasteiger charge is 2.36. The molecule has 1 aromatic heterocycles. The third-order valence-corrected chi connectivity index (χ3v) is 6.21. The van der Waals surface area contributed by atoms with E-state index in [0.29, 0.717) is 6.04 Å². The molecule has 5 rings (SSSR count). The van der Waals surface area contributed by atoms with Crippen LogP contribution in [0.2, 0.25) is 0 Å². The Morgan fingerprint density at radius 3 is 2.74 bits per heavy atom. The number of fused-ring (bicyclic) bond motifs is 1. The largest absolute Gasteiger partial charge is 0.320 e. The highest BCUT2D eigenvalue weighted by Crippen LogP contribution is 2.41. The second-order valence-electron chi connectivity index (χ2n) is 6.98. The minimum absolute atomic E-state index is 0.554. The molecule has 0 atom stereocenters. The maximum Gasteiger partial charge on any atom is 0.133 e. The van der Waals surface area contributed by atoms with Crippen molar-refractivity contribution in [3.63, 3.8) is 0 Å². The molecule has 3 aliphatic rings. The normalized spacial score (nSPS) is 18.8. The lowest BCUT2D eigenvalue weighted by atomic mass is 10.2. The van der Waals surface area contributed by atoms with Gasteiger partial charge >= 0.3 is 0 Å². The van der Waals surface area contributed by atoms with Gasteiger partial charge in [0.15, 0.2) is 0 Å². The van der Waals surface area contributed by atoms with Crippen molar-refractivity contribution in [3.8, 4) is 11.8 Å². The Morgan fingerprint density at radius 1 is 1.04 bits per heavy atom. The summed E-state index contributed by atoms with van der Waals surface area (Å²) in [7, 11) is 0. The Kier molecular flexibility index (Phi) is 4.31. The van der Waals surface area contributed by atoms with E-state index in [1.54, 1.807) is 11.3 Å². The summed E-state index contributed by atoms with van der Waals surface area (Å²) in [5.74, 6) is 7.74. The smallest absolute Gasteiger partial charge is 0.133 e. The van der Waals surface area contributed by atoms with Gasteiger partial charge in [-0.1, -0.05) is 42.9 Å². The van der Waals surface area contributed by atoms with Crippen LogP contribution in [0.15, 0.2) is 59.5 Å². The lowest BCUT2D eigenvalue weighted by Crippen LogP contribution is -2.33. The molecule has 4 heteroatoms. The standard InChI is InChI=1S/C23H20N3S/c1-2-6-18(7-3-1)10-11-20-12-13-22(27-20)21-17-25-15-14-24-16-23(25)26(21)19-8-4-5-9-19/h1-3,6-7,12-14,16,19H,4-5,8-9,15H2. The average molecular weight is 371 g/mol. The van der Waals surface area contributed by atoms with Gasteiger partial charge in [0.05, 0.1) is 34.4 Å². The number of nitrogens with zero attached hydrogens (tertiary/aromatic N) is 3. The Labute approximate surface area is 164 Å². The van der Waals surface area contributed by atoms with Crippen LogP contribution >= 0.6 is 11.3 Å². The summed E-state index contributed by atoms with van der Waals surface area (Å²) in [6, 6.07) is 15.0. The molecule has 0 bridgehead atoms. The van der Waals surface area contributed by atoms with Crippen LogP contribution in [0, 0.1) is 18.0 Å². The maximum absolute atomic E-state index is 4.40. The van der Waals surface area contributed by atoms with Gasteiger partial charge in [0.25, 0.3) is 0 Å². The number of hydrogen-bond acceptors (Lipinski definition) is 4. The van der Waals surface area contributed by atoms with Crippen molar-refractivity contribution < 1.29 is 0 Å². The van der Waals surface area contributed by atoms with E-state index in [0.717, 1.165) is 17.0 Å². The molecule has 2 aromatic rings. The summed E-state index contributed by atoms with van der Waals surface area (Å²) in [6.45, 7) is 0.796. The molecule has 0 unspecified atom stereocenters. The summed E-state index contributed by atoms with van der Waals surface area (Å²) in [5, 5.41) is 0. The molecule has 1 fully saturated rings. The highest BCUT2D eigenvalue weighted by molar-refractivity contribution is 7.13. The highest BCUT2D eigenvalue weighted by atomic mass is 32.1. The molecular formula is C23H20N3S. The van der Waals surface area contributed by atoms with E-state index < -0.39 is 0 Å². The number of hydrogen-bond donors (Lipinski definition) is 0. The van der Waals surface area contributed by atoms with Crippen LogP contribution in [0.25, 0.3) is 5.70 Å². The van der Waals surface area contributed by atoms with Crippen LogP contribution in [0.5, 0.6) is 0 Å². The minimum atomic E-state index is 0.554. The predicted octanol–water partition coefficient (Wildman–Crippen LogP) is 4.69. The molecule has 3 nitrogen and oxygen atoms in total. The first-order valence-electron chi connectivity index (χ1n) is 9.48. The summed E-state index contributed by atoms with van der Waals surface area (Å²) in [5.41, 5.74) is 2.22. The fraction of sp³-hybridized carbons (Fsp3) is 0.261. The summed E-state index contributed by atoms with van der Waals surface area (Å²) >= 11 is 1.75. The van der Waals surface area contributed by atoms with E-state index in [9.17, 15) is 0 Å². The van der Waals surface area contributed by atoms with Crippen molar-refractivity contribution >= 4 is 23.2 Å². The van der Waals surface area contributed by atoms with Gasteiger partial charge < -0.3 is 9.80 Å². The molecule has 0 saturated heterocycles. The second-order valence-corrected chi connectivity index (χ2v) is 8.06. The van der Waals surface area contributed by atoms with Crippen LogP contribution in [-0.4, -0.2) is 28.6 Å². The zero-order valence-corrected chi connectivity index (χ0v) is 15.9. The number of aliphatic imine (C=N–C) groups is 1. The topological polar surface area (TPSA) is 18.8 Å². The number of benzene rings is 1. The fourth-order valence-corrected chi connectivity index (χ4v) is 4.75. The first-order chi connectivity index (χ1) is 13.4. The average Bonchev–Trinajstić information content (AvgIpc) is 3.45. The summed E-state index contributed by atoms with van der Waals surface area (Å²) < 4.78 is 0. The van der Waals surface area contributed by atoms with Gasteiger partial charge in [-0.25, -0.2) is 0 Å². The van der Waals surface area contributed by atoms with Gasteiger partial charge in [0, 0.05) is 17.8 Å². The molecule has 1 saturated carbocycles. The first-order valence-corrected chi connectivity index (χ1v) is 10.3. The van der Waals surface area contributed by atoms with E-state index in [1.807, 2.05) is 42.7 Å². The quantitative estimate of drug-likeness (QED) is 0.714. The first kappa shape index (κ1) is 16.4. The van der Waals surface area contributed by atoms with E-state index in [-0.39, 0.29) is 0 Å². The van der Waals surface area contributed by atoms with Crippen LogP contribution in [0.1, 0.15) is 41.0 Å². The third kappa shape index (κ3) is 3.20. The van der Waals surface area contributed by atoms with Crippen molar-refractivity contribution in [1.82, 2.24) is 9.80 Å². The number of rotatable bonds is 2. The molecule has 1 radical (unpaired) electrons. The minimum Gasteiger partial charge on any atom is -0.320 e. The van der Waals surface area contributed by atoms with Crippen molar-refractivity contribution in [3.05, 3.63) is 76.0 Å². The zero-order valence-electron chi connectivity index (χ0n) is 15.1. The van der Waals surface area contributed by atoms with Crippen LogP contribution in [0.3, 0.4) is 0 Å². The SMILES string of the molecule is [C]1=C(c2ccc(C#Cc3ccccc3)s2)N(C2CCCC2)C2=CN=CCN12. The van der Waals surface area contributed by atoms with Crippen LogP contribution in [0.4, 0.5) is 0 Å². The summed E-state index contributed by atoms with van der Waals surface area (Å²) in [4.78, 5) is 11.4. The Morgan fingerprint density at radius 2 is 1.89 bits per heavy atom. The molecule has 27 heavy (non-hydrogen) atoms. The molecular weight excluding hydrogens is 350 g/mol. The molecule has 0 N–H and O–H groups in total. The fourth-order valence-electron chi connectivity index (χ4n) is 3.90. The van der Waals surface area contributed by atoms with E-state index in [2.05, 4.69) is 45.0 Å². The lowest BCUT2D eigenvalue weighted by Gasteiger charge is -2.31. The molecule has 1 aliphatic carbocycles. The van der Waals surface area contributed by atoms with Gasteiger partial charge in [-0.2, -0.15) is 0 Å². The van der Waals surface area contributed by atoms with Crippen molar-refractivity contribution in [2.75, 3.05) is 6.54 Å².